The van der Waals surface area contributed by atoms with Gasteiger partial charge in [0.05, 0.1) is 12.4 Å². The van der Waals surface area contributed by atoms with E-state index >= 15 is 0 Å². The van der Waals surface area contributed by atoms with Crippen LogP contribution in [-0.4, -0.2) is 29.4 Å². The first-order valence-corrected chi connectivity index (χ1v) is 8.88. The summed E-state index contributed by atoms with van der Waals surface area (Å²) < 4.78 is 6.64. The van der Waals surface area contributed by atoms with Gasteiger partial charge in [0.25, 0.3) is 0 Å². The molecule has 2 fully saturated rings. The molecule has 0 aromatic heterocycles. The van der Waals surface area contributed by atoms with Gasteiger partial charge in [0.1, 0.15) is 6.10 Å². The summed E-state index contributed by atoms with van der Waals surface area (Å²) in [6, 6.07) is 22.0. The maximum atomic E-state index is 7.63. The van der Waals surface area contributed by atoms with Crippen molar-refractivity contribution in [2.24, 2.45) is 0 Å². The molecule has 3 nitrogen and oxygen atoms in total. The molecule has 2 atom stereocenters. The van der Waals surface area contributed by atoms with Gasteiger partial charge >= 0.3 is 0 Å². The van der Waals surface area contributed by atoms with E-state index in [1.807, 2.05) is 12.1 Å². The number of nitrogens with zero attached hydrogens (tertiary/aromatic N) is 1. The van der Waals surface area contributed by atoms with Crippen LogP contribution in [0.1, 0.15) is 42.9 Å². The second-order valence-electron chi connectivity index (χ2n) is 6.89. The summed E-state index contributed by atoms with van der Waals surface area (Å²) in [5.41, 5.74) is 2.43. The zero-order valence-electron chi connectivity index (χ0n) is 13.8. The molecule has 24 heavy (non-hydrogen) atoms. The summed E-state index contributed by atoms with van der Waals surface area (Å²) in [5.74, 6) is 0. The van der Waals surface area contributed by atoms with Crippen LogP contribution in [-0.2, 0) is 4.74 Å². The van der Waals surface area contributed by atoms with Gasteiger partial charge in [-0.25, -0.2) is 0 Å². The minimum atomic E-state index is -0.0108. The van der Waals surface area contributed by atoms with Crippen LogP contribution in [0.5, 0.6) is 0 Å². The minimum Gasteiger partial charge on any atom is -0.365 e. The second kappa shape index (κ2) is 6.78. The molecule has 2 unspecified atom stereocenters. The number of piperidine rings is 1. The highest BCUT2D eigenvalue weighted by Crippen LogP contribution is 2.38. The first kappa shape index (κ1) is 15.4. The van der Waals surface area contributed by atoms with E-state index in [4.69, 9.17) is 10.1 Å². The van der Waals surface area contributed by atoms with Crippen molar-refractivity contribution in [2.45, 2.75) is 50.0 Å². The van der Waals surface area contributed by atoms with Crippen LogP contribution in [0.2, 0.25) is 0 Å². The molecule has 2 aliphatic heterocycles. The zero-order valence-corrected chi connectivity index (χ0v) is 13.8. The van der Waals surface area contributed by atoms with Gasteiger partial charge in [-0.3, -0.25) is 5.41 Å². The van der Waals surface area contributed by atoms with Crippen LogP contribution in [0.3, 0.4) is 0 Å². The van der Waals surface area contributed by atoms with Gasteiger partial charge in [-0.05, 0) is 36.8 Å². The van der Waals surface area contributed by atoms with Crippen LogP contribution >= 0.6 is 0 Å². The highest BCUT2D eigenvalue weighted by atomic mass is 16.5. The molecule has 2 aromatic carbocycles. The lowest BCUT2D eigenvalue weighted by Crippen LogP contribution is -2.44. The molecule has 2 heterocycles. The molecular weight excluding hydrogens is 296 g/mol. The summed E-state index contributed by atoms with van der Waals surface area (Å²) in [6.45, 7) is 0. The smallest absolute Gasteiger partial charge is 0.108 e. The SMILES string of the molecule is N=CN1C2CCC1CC(OC(c1ccccc1)c1ccccc1)C2. The van der Waals surface area contributed by atoms with E-state index in [1.54, 1.807) is 0 Å². The Bertz CT molecular complexity index is 619. The number of rotatable bonds is 5. The summed E-state index contributed by atoms with van der Waals surface area (Å²) in [6.07, 6.45) is 6.24. The van der Waals surface area contributed by atoms with Crippen molar-refractivity contribution in [3.8, 4) is 0 Å². The predicted molar refractivity (Wildman–Crippen MR) is 96.3 cm³/mol. The maximum Gasteiger partial charge on any atom is 0.108 e. The second-order valence-corrected chi connectivity index (χ2v) is 6.89. The Labute approximate surface area is 143 Å². The Morgan fingerprint density at radius 3 is 1.83 bits per heavy atom. The Morgan fingerprint density at radius 2 is 1.38 bits per heavy atom. The molecular formula is C21H24N2O. The Balaban J connectivity index is 1.56. The number of benzene rings is 2. The van der Waals surface area contributed by atoms with Crippen molar-refractivity contribution < 1.29 is 4.74 Å². The normalized spacial score (nSPS) is 25.9. The lowest BCUT2D eigenvalue weighted by molar-refractivity contribution is -0.0339. The highest BCUT2D eigenvalue weighted by Gasteiger charge is 2.40. The molecule has 0 saturated carbocycles. The monoisotopic (exact) mass is 320 g/mol. The molecule has 4 rings (SSSR count). The molecule has 2 bridgehead atoms. The van der Waals surface area contributed by atoms with Gasteiger partial charge in [-0.2, -0.15) is 0 Å². The number of hydrogen-bond acceptors (Lipinski definition) is 2. The largest absolute Gasteiger partial charge is 0.365 e. The lowest BCUT2D eigenvalue weighted by atomic mass is 9.97. The lowest BCUT2D eigenvalue weighted by Gasteiger charge is -2.38. The van der Waals surface area contributed by atoms with Crippen molar-refractivity contribution in [3.63, 3.8) is 0 Å². The summed E-state index contributed by atoms with van der Waals surface area (Å²) >= 11 is 0. The Morgan fingerprint density at radius 1 is 0.875 bits per heavy atom. The topological polar surface area (TPSA) is 36.3 Å². The van der Waals surface area contributed by atoms with Crippen molar-refractivity contribution >= 4 is 6.34 Å². The fourth-order valence-corrected chi connectivity index (χ4v) is 4.28. The van der Waals surface area contributed by atoms with E-state index in [9.17, 15) is 0 Å². The van der Waals surface area contributed by atoms with Gasteiger partial charge in [0.2, 0.25) is 0 Å². The Hall–Kier alpha value is -2.13. The van der Waals surface area contributed by atoms with Crippen molar-refractivity contribution in [1.29, 1.82) is 5.41 Å². The molecule has 0 spiro atoms. The predicted octanol–water partition coefficient (Wildman–Crippen LogP) is 4.40. The van der Waals surface area contributed by atoms with Crippen LogP contribution in [0.25, 0.3) is 0 Å². The fraction of sp³-hybridized carbons (Fsp3) is 0.381. The summed E-state index contributed by atoms with van der Waals surface area (Å²) in [4.78, 5) is 2.24. The Kier molecular flexibility index (Phi) is 4.35. The fourth-order valence-electron chi connectivity index (χ4n) is 4.28. The average molecular weight is 320 g/mol. The number of fused-ring (bicyclic) bond motifs is 2. The van der Waals surface area contributed by atoms with Gasteiger partial charge in [-0.1, -0.05) is 60.7 Å². The first-order valence-electron chi connectivity index (χ1n) is 8.88. The third-order valence-electron chi connectivity index (χ3n) is 5.43. The van der Waals surface area contributed by atoms with Gasteiger partial charge < -0.3 is 9.64 Å². The number of nitrogens with one attached hydrogen (secondary N) is 1. The van der Waals surface area contributed by atoms with Gasteiger partial charge in [-0.15, -0.1) is 0 Å². The van der Waals surface area contributed by atoms with E-state index in [0.29, 0.717) is 12.1 Å². The average Bonchev–Trinajstić information content (AvgIpc) is 2.90. The van der Waals surface area contributed by atoms with Gasteiger partial charge in [0.15, 0.2) is 0 Å². The van der Waals surface area contributed by atoms with Gasteiger partial charge in [0, 0.05) is 12.1 Å². The zero-order chi connectivity index (χ0) is 16.4. The van der Waals surface area contributed by atoms with Crippen molar-refractivity contribution in [2.75, 3.05) is 0 Å². The molecule has 124 valence electrons. The van der Waals surface area contributed by atoms with E-state index in [1.165, 1.54) is 30.3 Å². The molecule has 0 radical (unpaired) electrons. The van der Waals surface area contributed by atoms with Crippen LogP contribution in [0.15, 0.2) is 60.7 Å². The van der Waals surface area contributed by atoms with E-state index in [-0.39, 0.29) is 12.2 Å². The molecule has 2 aliphatic rings. The standard InChI is InChI=1S/C21H24N2O/c22-15-23-18-11-12-19(23)14-20(13-18)24-21(16-7-3-1-4-8-16)17-9-5-2-6-10-17/h1-10,15,18-22H,11-14H2. The van der Waals surface area contributed by atoms with Crippen LogP contribution < -0.4 is 0 Å². The maximum absolute atomic E-state index is 7.63. The quantitative estimate of drug-likeness (QED) is 0.655. The van der Waals surface area contributed by atoms with E-state index in [0.717, 1.165) is 12.8 Å². The number of ether oxygens (including phenoxy) is 1. The molecule has 3 heteroatoms. The van der Waals surface area contributed by atoms with E-state index in [2.05, 4.69) is 53.4 Å². The third-order valence-corrected chi connectivity index (χ3v) is 5.43. The minimum absolute atomic E-state index is 0.0108. The molecule has 0 aliphatic carbocycles. The first-order chi connectivity index (χ1) is 11.8. The van der Waals surface area contributed by atoms with Crippen molar-refractivity contribution in [1.82, 2.24) is 4.90 Å². The third kappa shape index (κ3) is 2.96. The number of hydrogen-bond donors (Lipinski definition) is 1. The van der Waals surface area contributed by atoms with Crippen LogP contribution in [0, 0.1) is 5.41 Å². The highest BCUT2D eigenvalue weighted by molar-refractivity contribution is 5.53. The van der Waals surface area contributed by atoms with E-state index < -0.39 is 0 Å². The molecule has 2 saturated heterocycles. The van der Waals surface area contributed by atoms with Crippen molar-refractivity contribution in [3.05, 3.63) is 71.8 Å². The molecule has 1 N–H and O–H groups in total. The summed E-state index contributed by atoms with van der Waals surface area (Å²) in [5, 5.41) is 7.63. The molecule has 0 amide bonds. The molecule has 2 aromatic rings. The summed E-state index contributed by atoms with van der Waals surface area (Å²) in [7, 11) is 0. The van der Waals surface area contributed by atoms with Crippen LogP contribution in [0.4, 0.5) is 0 Å².